The molecule has 1 aliphatic carbocycles. The van der Waals surface area contributed by atoms with E-state index in [2.05, 4.69) is 42.5 Å². The first-order valence-corrected chi connectivity index (χ1v) is 10.3. The van der Waals surface area contributed by atoms with Crippen LogP contribution in [-0.4, -0.2) is 23.9 Å². The molecule has 0 aliphatic heterocycles. The normalized spacial score (nSPS) is 19.6. The molecule has 6 heteroatoms. The van der Waals surface area contributed by atoms with Crippen LogP contribution < -0.4 is 10.6 Å². The number of nitrogens with one attached hydrogen (secondary N) is 2. The maximum Gasteiger partial charge on any atom is 0.252 e. The molecule has 2 unspecified atom stereocenters. The molecular weight excluding hydrogens is 460 g/mol. The molecule has 2 aromatic carbocycles. The Labute approximate surface area is 170 Å². The van der Waals surface area contributed by atoms with Gasteiger partial charge in [-0.1, -0.05) is 37.1 Å². The number of carbonyl (C=O) groups is 2. The molecule has 0 saturated heterocycles. The fourth-order valence-electron chi connectivity index (χ4n) is 3.26. The predicted molar refractivity (Wildman–Crippen MR) is 109 cm³/mol. The van der Waals surface area contributed by atoms with E-state index in [4.69, 9.17) is 0 Å². The molecular formula is C20H20Br2N2O2. The van der Waals surface area contributed by atoms with E-state index in [9.17, 15) is 9.59 Å². The smallest absolute Gasteiger partial charge is 0.252 e. The molecule has 3 rings (SSSR count). The van der Waals surface area contributed by atoms with E-state index >= 15 is 0 Å². The Balaban J connectivity index is 1.70. The summed E-state index contributed by atoms with van der Waals surface area (Å²) in [6, 6.07) is 14.6. The molecule has 2 N–H and O–H groups in total. The van der Waals surface area contributed by atoms with Crippen LogP contribution >= 0.6 is 31.9 Å². The van der Waals surface area contributed by atoms with Gasteiger partial charge in [-0.25, -0.2) is 0 Å². The summed E-state index contributed by atoms with van der Waals surface area (Å²) in [6.45, 7) is 0. The summed E-state index contributed by atoms with van der Waals surface area (Å²) in [6.07, 6.45) is 3.80. The van der Waals surface area contributed by atoms with Gasteiger partial charge in [-0.2, -0.15) is 0 Å². The van der Waals surface area contributed by atoms with E-state index in [-0.39, 0.29) is 23.9 Å². The highest BCUT2D eigenvalue weighted by Gasteiger charge is 2.29. The monoisotopic (exact) mass is 478 g/mol. The van der Waals surface area contributed by atoms with Crippen LogP contribution in [0.5, 0.6) is 0 Å². The van der Waals surface area contributed by atoms with E-state index in [1.165, 1.54) is 0 Å². The lowest BCUT2D eigenvalue weighted by molar-refractivity contribution is 0.0862. The third-order valence-electron chi connectivity index (χ3n) is 4.64. The van der Waals surface area contributed by atoms with E-state index in [1.807, 2.05) is 36.4 Å². The average molecular weight is 480 g/mol. The minimum atomic E-state index is -0.121. The second-order valence-electron chi connectivity index (χ2n) is 6.40. The number of halogens is 2. The van der Waals surface area contributed by atoms with Crippen LogP contribution in [0, 0.1) is 0 Å². The lowest BCUT2D eigenvalue weighted by Crippen LogP contribution is -2.53. The van der Waals surface area contributed by atoms with Gasteiger partial charge in [0.15, 0.2) is 0 Å². The third kappa shape index (κ3) is 4.54. The summed E-state index contributed by atoms with van der Waals surface area (Å²) in [5.74, 6) is -0.242. The molecule has 2 aromatic rings. The van der Waals surface area contributed by atoms with Crippen molar-refractivity contribution >= 4 is 43.7 Å². The van der Waals surface area contributed by atoms with Gasteiger partial charge in [-0.15, -0.1) is 0 Å². The Bertz CT molecular complexity index is 742. The summed E-state index contributed by atoms with van der Waals surface area (Å²) in [4.78, 5) is 25.3. The van der Waals surface area contributed by atoms with E-state index in [0.29, 0.717) is 11.1 Å². The zero-order chi connectivity index (χ0) is 18.5. The number of hydrogen-bond acceptors (Lipinski definition) is 2. The van der Waals surface area contributed by atoms with E-state index in [1.54, 1.807) is 12.1 Å². The van der Waals surface area contributed by atoms with Crippen molar-refractivity contribution in [3.8, 4) is 0 Å². The second-order valence-corrected chi connectivity index (χ2v) is 8.11. The average Bonchev–Trinajstić information content (AvgIpc) is 2.64. The van der Waals surface area contributed by atoms with Gasteiger partial charge in [0.2, 0.25) is 0 Å². The fourth-order valence-corrected chi connectivity index (χ4v) is 4.19. The summed E-state index contributed by atoms with van der Waals surface area (Å²) in [7, 11) is 0. The molecule has 0 aromatic heterocycles. The topological polar surface area (TPSA) is 58.2 Å². The van der Waals surface area contributed by atoms with Crippen molar-refractivity contribution in [1.29, 1.82) is 0 Å². The zero-order valence-corrected chi connectivity index (χ0v) is 17.3. The molecule has 0 bridgehead atoms. The highest BCUT2D eigenvalue weighted by molar-refractivity contribution is 9.10. The molecule has 2 atom stereocenters. The first-order valence-electron chi connectivity index (χ1n) is 8.67. The Morgan fingerprint density at radius 1 is 0.731 bits per heavy atom. The number of carbonyl (C=O) groups excluding carboxylic acids is 2. The van der Waals surface area contributed by atoms with Crippen LogP contribution in [0.3, 0.4) is 0 Å². The van der Waals surface area contributed by atoms with Crippen molar-refractivity contribution in [1.82, 2.24) is 10.6 Å². The maximum atomic E-state index is 12.6. The number of hydrogen-bond donors (Lipinski definition) is 2. The minimum absolute atomic E-state index is 0.0743. The van der Waals surface area contributed by atoms with Crippen LogP contribution in [0.4, 0.5) is 0 Å². The van der Waals surface area contributed by atoms with Crippen molar-refractivity contribution in [3.05, 3.63) is 68.6 Å². The zero-order valence-electron chi connectivity index (χ0n) is 14.2. The van der Waals surface area contributed by atoms with Gasteiger partial charge in [-0.05, 0) is 69.0 Å². The Kier molecular flexibility index (Phi) is 6.48. The van der Waals surface area contributed by atoms with Crippen molar-refractivity contribution in [2.24, 2.45) is 0 Å². The molecule has 136 valence electrons. The lowest BCUT2D eigenvalue weighted by atomic mass is 9.89. The summed E-state index contributed by atoms with van der Waals surface area (Å²) in [5, 5.41) is 6.20. The molecule has 4 nitrogen and oxygen atoms in total. The second kappa shape index (κ2) is 8.82. The maximum absolute atomic E-state index is 12.6. The van der Waals surface area contributed by atoms with Gasteiger partial charge in [0.05, 0.1) is 11.1 Å². The number of rotatable bonds is 4. The molecule has 26 heavy (non-hydrogen) atoms. The van der Waals surface area contributed by atoms with Gasteiger partial charge in [0, 0.05) is 21.0 Å². The first kappa shape index (κ1) is 19.1. The minimum Gasteiger partial charge on any atom is -0.347 e. The van der Waals surface area contributed by atoms with Crippen molar-refractivity contribution in [3.63, 3.8) is 0 Å². The van der Waals surface area contributed by atoms with Crippen LogP contribution in [0.2, 0.25) is 0 Å². The van der Waals surface area contributed by atoms with Crippen molar-refractivity contribution in [2.75, 3.05) is 0 Å². The van der Waals surface area contributed by atoms with Gasteiger partial charge >= 0.3 is 0 Å². The van der Waals surface area contributed by atoms with Gasteiger partial charge < -0.3 is 10.6 Å². The largest absolute Gasteiger partial charge is 0.347 e. The standard InChI is InChI=1S/C20H20Br2N2O2/c21-15-9-3-1-7-13(15)19(25)23-17-11-5-6-12-18(17)24-20(26)14-8-2-4-10-16(14)22/h1-4,7-10,17-18H,5-6,11-12H2,(H,23,25)(H,24,26). The highest BCUT2D eigenvalue weighted by atomic mass is 79.9. The van der Waals surface area contributed by atoms with Crippen molar-refractivity contribution in [2.45, 2.75) is 37.8 Å². The molecule has 0 radical (unpaired) electrons. The van der Waals surface area contributed by atoms with Crippen LogP contribution in [0.25, 0.3) is 0 Å². The van der Waals surface area contributed by atoms with Gasteiger partial charge in [0.25, 0.3) is 11.8 Å². The molecule has 1 saturated carbocycles. The Hall–Kier alpha value is -1.66. The van der Waals surface area contributed by atoms with E-state index in [0.717, 1.165) is 34.6 Å². The lowest BCUT2D eigenvalue weighted by Gasteiger charge is -2.33. The highest BCUT2D eigenvalue weighted by Crippen LogP contribution is 2.22. The quantitative estimate of drug-likeness (QED) is 0.668. The first-order chi connectivity index (χ1) is 12.6. The van der Waals surface area contributed by atoms with E-state index < -0.39 is 0 Å². The van der Waals surface area contributed by atoms with Gasteiger partial charge in [-0.3, -0.25) is 9.59 Å². The summed E-state index contributed by atoms with van der Waals surface area (Å²) >= 11 is 6.84. The molecule has 0 spiro atoms. The molecule has 2 amide bonds. The predicted octanol–water partition coefficient (Wildman–Crippen LogP) is 4.68. The van der Waals surface area contributed by atoms with Crippen LogP contribution in [0.1, 0.15) is 46.4 Å². The molecule has 0 heterocycles. The van der Waals surface area contributed by atoms with Crippen LogP contribution in [-0.2, 0) is 0 Å². The SMILES string of the molecule is O=C(NC1CCCCC1NC(=O)c1ccccc1Br)c1ccccc1Br. The van der Waals surface area contributed by atoms with Crippen molar-refractivity contribution < 1.29 is 9.59 Å². The van der Waals surface area contributed by atoms with Crippen LogP contribution in [0.15, 0.2) is 57.5 Å². The Morgan fingerprint density at radius 2 is 1.12 bits per heavy atom. The summed E-state index contributed by atoms with van der Waals surface area (Å²) < 4.78 is 1.53. The van der Waals surface area contributed by atoms with Gasteiger partial charge in [0.1, 0.15) is 0 Å². The fraction of sp³-hybridized carbons (Fsp3) is 0.300. The summed E-state index contributed by atoms with van der Waals surface area (Å²) in [5.41, 5.74) is 1.21. The third-order valence-corrected chi connectivity index (χ3v) is 6.02. The molecule has 1 aliphatic rings. The number of amides is 2. The number of benzene rings is 2. The Morgan fingerprint density at radius 3 is 1.50 bits per heavy atom. The molecule has 1 fully saturated rings.